The molecule has 0 unspecified atom stereocenters. The highest BCUT2D eigenvalue weighted by Gasteiger charge is 2.20. The van der Waals surface area contributed by atoms with E-state index in [0.29, 0.717) is 22.4 Å². The number of nitrogens with one attached hydrogen (secondary N) is 2. The summed E-state index contributed by atoms with van der Waals surface area (Å²) in [5.74, 6) is 0.0326. The summed E-state index contributed by atoms with van der Waals surface area (Å²) in [6, 6.07) is 10.0. The van der Waals surface area contributed by atoms with Gasteiger partial charge in [-0.25, -0.2) is 10.5 Å². The molecule has 1 aromatic heterocycles. The molecule has 2 aromatic rings. The zero-order valence-corrected chi connectivity index (χ0v) is 19.2. The molecule has 30 heavy (non-hydrogen) atoms. The summed E-state index contributed by atoms with van der Waals surface area (Å²) < 4.78 is 0. The van der Waals surface area contributed by atoms with Crippen LogP contribution in [0.2, 0.25) is 10.0 Å². The lowest BCUT2D eigenvalue weighted by Gasteiger charge is -2.32. The highest BCUT2D eigenvalue weighted by Crippen LogP contribution is 2.24. The lowest BCUT2D eigenvalue weighted by atomic mass is 10.0. The topological polar surface area (TPSA) is 77.5 Å². The maximum absolute atomic E-state index is 11.0. The maximum atomic E-state index is 11.0. The molecule has 0 radical (unpaired) electrons. The van der Waals surface area contributed by atoms with Crippen LogP contribution in [0.5, 0.6) is 0 Å². The van der Waals surface area contributed by atoms with Gasteiger partial charge in [-0.2, -0.15) is 0 Å². The molecule has 1 saturated heterocycles. The number of amides is 1. The SMILES string of the molecule is Cl.Cl.O=C(/C=C/c1cnc(NC2CCN(Cc3ccc(Cl)cc3)CC2)c(Cl)c1)NO. The quantitative estimate of drug-likeness (QED) is 0.305. The van der Waals surface area contributed by atoms with E-state index in [1.807, 2.05) is 12.1 Å². The van der Waals surface area contributed by atoms with Crippen LogP contribution in [0.1, 0.15) is 24.0 Å². The Bertz CT molecular complexity index is 841. The number of aromatic nitrogens is 1. The molecule has 10 heteroatoms. The summed E-state index contributed by atoms with van der Waals surface area (Å²) in [5, 5.41) is 13.2. The Morgan fingerprint density at radius 2 is 1.87 bits per heavy atom. The van der Waals surface area contributed by atoms with Gasteiger partial charge in [-0.3, -0.25) is 14.9 Å². The molecule has 1 amide bonds. The Labute approximate surface area is 198 Å². The largest absolute Gasteiger partial charge is 0.366 e. The lowest BCUT2D eigenvalue weighted by Crippen LogP contribution is -2.38. The van der Waals surface area contributed by atoms with Crippen molar-refractivity contribution >= 4 is 65.8 Å². The third kappa shape index (κ3) is 7.95. The van der Waals surface area contributed by atoms with Crippen molar-refractivity contribution in [1.82, 2.24) is 15.4 Å². The summed E-state index contributed by atoms with van der Waals surface area (Å²) in [7, 11) is 0. The van der Waals surface area contributed by atoms with Crippen LogP contribution in [-0.4, -0.2) is 40.1 Å². The fourth-order valence-corrected chi connectivity index (χ4v) is 3.49. The van der Waals surface area contributed by atoms with E-state index in [1.165, 1.54) is 23.2 Å². The van der Waals surface area contributed by atoms with Gasteiger partial charge in [0.25, 0.3) is 5.91 Å². The highest BCUT2D eigenvalue weighted by atomic mass is 35.5. The van der Waals surface area contributed by atoms with Crippen LogP contribution < -0.4 is 10.8 Å². The lowest BCUT2D eigenvalue weighted by molar-refractivity contribution is -0.124. The van der Waals surface area contributed by atoms with E-state index in [9.17, 15) is 4.79 Å². The van der Waals surface area contributed by atoms with E-state index in [2.05, 4.69) is 27.3 Å². The first-order valence-electron chi connectivity index (χ1n) is 9.04. The van der Waals surface area contributed by atoms with Crippen molar-refractivity contribution in [3.05, 3.63) is 63.8 Å². The van der Waals surface area contributed by atoms with Crippen molar-refractivity contribution in [1.29, 1.82) is 0 Å². The molecule has 6 nitrogen and oxygen atoms in total. The van der Waals surface area contributed by atoms with Gasteiger partial charge in [-0.15, -0.1) is 24.8 Å². The van der Waals surface area contributed by atoms with Gasteiger partial charge in [0.15, 0.2) is 0 Å². The van der Waals surface area contributed by atoms with Gasteiger partial charge in [0.1, 0.15) is 5.82 Å². The second kappa shape index (κ2) is 13.0. The Kier molecular flexibility index (Phi) is 11.5. The Morgan fingerprint density at radius 3 is 2.47 bits per heavy atom. The van der Waals surface area contributed by atoms with E-state index in [0.717, 1.165) is 37.5 Å². The second-order valence-corrected chi connectivity index (χ2v) is 7.57. The Morgan fingerprint density at radius 1 is 1.20 bits per heavy atom. The third-order valence-corrected chi connectivity index (χ3v) is 5.19. The van der Waals surface area contributed by atoms with Gasteiger partial charge >= 0.3 is 0 Å². The number of hydrogen-bond donors (Lipinski definition) is 3. The standard InChI is InChI=1S/C20H22Cl2N4O2.2ClH/c21-16-4-1-14(2-5-16)13-26-9-7-17(8-10-26)24-20-18(22)11-15(12-23-20)3-6-19(27)25-28;;/h1-6,11-12,17,28H,7-10,13H2,(H,23,24)(H,25,27);2*1H/b6-3+;;. The van der Waals surface area contributed by atoms with E-state index < -0.39 is 5.91 Å². The number of anilines is 1. The number of likely N-dealkylation sites (tertiary alicyclic amines) is 1. The van der Waals surface area contributed by atoms with Gasteiger partial charge in [0.2, 0.25) is 0 Å². The van der Waals surface area contributed by atoms with Gasteiger partial charge in [-0.05, 0) is 48.2 Å². The van der Waals surface area contributed by atoms with Gasteiger partial charge in [0, 0.05) is 43.0 Å². The van der Waals surface area contributed by atoms with E-state index in [1.54, 1.807) is 12.3 Å². The van der Waals surface area contributed by atoms with Crippen LogP contribution in [0.25, 0.3) is 6.08 Å². The van der Waals surface area contributed by atoms with Crippen molar-refractivity contribution in [2.24, 2.45) is 0 Å². The van der Waals surface area contributed by atoms with Crippen molar-refractivity contribution in [2.45, 2.75) is 25.4 Å². The number of hydrogen-bond acceptors (Lipinski definition) is 5. The van der Waals surface area contributed by atoms with Crippen molar-refractivity contribution < 1.29 is 10.0 Å². The number of piperidine rings is 1. The van der Waals surface area contributed by atoms with Crippen molar-refractivity contribution in [3.8, 4) is 0 Å². The minimum Gasteiger partial charge on any atom is -0.366 e. The van der Waals surface area contributed by atoms with Crippen LogP contribution in [0, 0.1) is 0 Å². The molecule has 2 heterocycles. The number of halogens is 4. The average molecular weight is 494 g/mol. The molecule has 164 valence electrons. The summed E-state index contributed by atoms with van der Waals surface area (Å²) in [6.45, 7) is 2.91. The summed E-state index contributed by atoms with van der Waals surface area (Å²) in [5.41, 5.74) is 3.48. The zero-order chi connectivity index (χ0) is 19.9. The molecule has 0 bridgehead atoms. The summed E-state index contributed by atoms with van der Waals surface area (Å²) >= 11 is 12.3. The molecular weight excluding hydrogens is 470 g/mol. The number of pyridine rings is 1. The number of hydroxylamine groups is 1. The minimum atomic E-state index is -0.608. The third-order valence-electron chi connectivity index (χ3n) is 4.65. The molecule has 3 N–H and O–H groups in total. The molecule has 0 spiro atoms. The summed E-state index contributed by atoms with van der Waals surface area (Å²) in [6.07, 6.45) is 6.37. The number of rotatable bonds is 6. The van der Waals surface area contributed by atoms with Crippen LogP contribution in [-0.2, 0) is 11.3 Å². The Balaban J connectivity index is 0.00000225. The zero-order valence-electron chi connectivity index (χ0n) is 16.1. The number of carbonyl (C=O) groups excluding carboxylic acids is 1. The maximum Gasteiger partial charge on any atom is 0.267 e. The molecule has 1 aliphatic heterocycles. The average Bonchev–Trinajstić information content (AvgIpc) is 2.71. The molecule has 0 atom stereocenters. The predicted molar refractivity (Wildman–Crippen MR) is 126 cm³/mol. The van der Waals surface area contributed by atoms with E-state index in [4.69, 9.17) is 28.4 Å². The normalized spacial score (nSPS) is 14.6. The van der Waals surface area contributed by atoms with Crippen LogP contribution in [0.4, 0.5) is 5.82 Å². The van der Waals surface area contributed by atoms with E-state index in [-0.39, 0.29) is 24.8 Å². The first-order valence-corrected chi connectivity index (χ1v) is 9.80. The minimum absolute atomic E-state index is 0. The predicted octanol–water partition coefficient (Wildman–Crippen LogP) is 4.83. The van der Waals surface area contributed by atoms with Crippen LogP contribution >= 0.6 is 48.0 Å². The fourth-order valence-electron chi connectivity index (χ4n) is 3.14. The van der Waals surface area contributed by atoms with Gasteiger partial charge < -0.3 is 5.32 Å². The smallest absolute Gasteiger partial charge is 0.267 e. The number of carbonyl (C=O) groups is 1. The molecule has 1 aromatic carbocycles. The molecule has 0 saturated carbocycles. The molecular formula is C20H24Cl4N4O2. The van der Waals surface area contributed by atoms with E-state index >= 15 is 0 Å². The monoisotopic (exact) mass is 492 g/mol. The van der Waals surface area contributed by atoms with Gasteiger partial charge in [0.05, 0.1) is 5.02 Å². The molecule has 1 fully saturated rings. The Hall–Kier alpha value is -1.54. The number of nitrogens with zero attached hydrogens (tertiary/aromatic N) is 2. The van der Waals surface area contributed by atoms with Crippen LogP contribution in [0.3, 0.4) is 0 Å². The second-order valence-electron chi connectivity index (χ2n) is 6.73. The number of benzene rings is 1. The fraction of sp³-hybridized carbons (Fsp3) is 0.300. The van der Waals surface area contributed by atoms with Crippen LogP contribution in [0.15, 0.2) is 42.6 Å². The van der Waals surface area contributed by atoms with Crippen molar-refractivity contribution in [2.75, 3.05) is 18.4 Å². The molecule has 3 rings (SSSR count). The summed E-state index contributed by atoms with van der Waals surface area (Å²) in [4.78, 5) is 17.8. The van der Waals surface area contributed by atoms with Gasteiger partial charge in [-0.1, -0.05) is 35.3 Å². The molecule has 1 aliphatic rings. The molecule has 0 aliphatic carbocycles. The first kappa shape index (κ1) is 26.5. The first-order chi connectivity index (χ1) is 13.5. The van der Waals surface area contributed by atoms with Crippen molar-refractivity contribution in [3.63, 3.8) is 0 Å². The highest BCUT2D eigenvalue weighted by molar-refractivity contribution is 6.33.